The lowest BCUT2D eigenvalue weighted by atomic mass is 9.71. The van der Waals surface area contributed by atoms with Crippen LogP contribution in [0.4, 0.5) is 9.59 Å². The molecular formula is C51H75N7O9. The summed E-state index contributed by atoms with van der Waals surface area (Å²) in [5.74, 6) is -1.62. The first kappa shape index (κ1) is 52.3. The molecule has 16 nitrogen and oxygen atoms in total. The van der Waals surface area contributed by atoms with Crippen LogP contribution in [-0.4, -0.2) is 120 Å². The standard InChI is InChI=1S/C51H75N7O9/c1-34(2)29-39(54-43(60)40(30-35-17-11-9-12-18-35)55-44(61)41(31-36-19-13-10-14-20-36)56-48(65)67-50(6,7)8)42(59)53-38(21-15-16-26-52-47(64)66-49(3,4)5)46(63)57-27-24-51(25-28-57)32-58(33-51)45(62)37-22-23-37/h9-14,17-20,34,37-41H,15-16,21-33H2,1-8H3,(H,52,64)(H,53,59)(H,54,60)(H,55,61)(H,56,65). The van der Waals surface area contributed by atoms with Crippen LogP contribution in [0.1, 0.15) is 118 Å². The van der Waals surface area contributed by atoms with E-state index in [1.165, 1.54) is 0 Å². The number of amides is 7. The van der Waals surface area contributed by atoms with Crippen molar-refractivity contribution in [1.29, 1.82) is 0 Å². The number of hydrogen-bond donors (Lipinski definition) is 5. The highest BCUT2D eigenvalue weighted by Gasteiger charge is 2.50. The van der Waals surface area contributed by atoms with Crippen molar-refractivity contribution in [3.05, 3.63) is 71.8 Å². The maximum atomic E-state index is 14.5. The summed E-state index contributed by atoms with van der Waals surface area (Å²) >= 11 is 0. The predicted molar refractivity (Wildman–Crippen MR) is 254 cm³/mol. The average molecular weight is 930 g/mol. The fraction of sp³-hybridized carbons (Fsp3) is 0.627. The average Bonchev–Trinajstić information content (AvgIpc) is 4.09. The van der Waals surface area contributed by atoms with Gasteiger partial charge in [0.05, 0.1) is 0 Å². The molecule has 2 heterocycles. The van der Waals surface area contributed by atoms with Crippen molar-refractivity contribution < 1.29 is 43.0 Å². The number of benzene rings is 2. The number of ether oxygens (including phenoxy) is 2. The molecule has 2 aromatic rings. The van der Waals surface area contributed by atoms with Crippen molar-refractivity contribution in [2.45, 2.75) is 155 Å². The van der Waals surface area contributed by atoms with E-state index in [0.29, 0.717) is 45.6 Å². The molecule has 0 bridgehead atoms. The number of unbranched alkanes of at least 4 members (excludes halogenated alkanes) is 1. The summed E-state index contributed by atoms with van der Waals surface area (Å²) in [6, 6.07) is 14.1. The summed E-state index contributed by atoms with van der Waals surface area (Å²) in [4.78, 5) is 99.2. The van der Waals surface area contributed by atoms with Gasteiger partial charge in [0.25, 0.3) is 0 Å². The normalized spacial score (nSPS) is 17.5. The molecule has 7 amide bonds. The van der Waals surface area contributed by atoms with Gasteiger partial charge < -0.3 is 45.9 Å². The third-order valence-corrected chi connectivity index (χ3v) is 12.2. The Morgan fingerprint density at radius 1 is 0.627 bits per heavy atom. The Bertz CT molecular complexity index is 2000. The Balaban J connectivity index is 1.30. The highest BCUT2D eigenvalue weighted by atomic mass is 16.6. The van der Waals surface area contributed by atoms with Crippen LogP contribution in [0.15, 0.2) is 60.7 Å². The van der Waals surface area contributed by atoms with Crippen LogP contribution in [0, 0.1) is 17.3 Å². The third kappa shape index (κ3) is 17.2. The molecule has 2 saturated heterocycles. The van der Waals surface area contributed by atoms with Gasteiger partial charge in [-0.15, -0.1) is 0 Å². The summed E-state index contributed by atoms with van der Waals surface area (Å²) in [6.07, 6.45) is 3.86. The van der Waals surface area contributed by atoms with Gasteiger partial charge in [0, 0.05) is 56.9 Å². The predicted octanol–water partition coefficient (Wildman–Crippen LogP) is 5.42. The third-order valence-electron chi connectivity index (χ3n) is 12.2. The molecule has 1 spiro atoms. The van der Waals surface area contributed by atoms with Crippen LogP contribution in [0.5, 0.6) is 0 Å². The Morgan fingerprint density at radius 2 is 1.10 bits per heavy atom. The number of carbonyl (C=O) groups excluding carboxylic acids is 7. The molecule has 1 saturated carbocycles. The minimum atomic E-state index is -1.16. The van der Waals surface area contributed by atoms with Crippen LogP contribution in [-0.2, 0) is 46.3 Å². The topological polar surface area (TPSA) is 205 Å². The zero-order chi connectivity index (χ0) is 48.9. The number of piperidine rings is 1. The van der Waals surface area contributed by atoms with Gasteiger partial charge in [-0.05, 0) is 110 Å². The molecule has 4 unspecified atom stereocenters. The molecule has 1 aliphatic carbocycles. The van der Waals surface area contributed by atoms with Gasteiger partial charge in [0.15, 0.2) is 0 Å². The molecule has 5 rings (SSSR count). The molecule has 0 radical (unpaired) electrons. The number of alkyl carbamates (subject to hydrolysis) is 2. The molecule has 368 valence electrons. The monoisotopic (exact) mass is 930 g/mol. The number of nitrogens with one attached hydrogen (secondary N) is 5. The second-order valence-corrected chi connectivity index (χ2v) is 21.1. The zero-order valence-electron chi connectivity index (χ0n) is 40.9. The first-order valence-corrected chi connectivity index (χ1v) is 24.1. The number of hydrogen-bond acceptors (Lipinski definition) is 9. The van der Waals surface area contributed by atoms with Crippen LogP contribution < -0.4 is 26.6 Å². The Kier molecular flexibility index (Phi) is 18.2. The maximum absolute atomic E-state index is 14.5. The van der Waals surface area contributed by atoms with E-state index in [1.807, 2.05) is 79.4 Å². The van der Waals surface area contributed by atoms with E-state index >= 15 is 0 Å². The van der Waals surface area contributed by atoms with Gasteiger partial charge in [-0.2, -0.15) is 0 Å². The lowest BCUT2D eigenvalue weighted by Gasteiger charge is -2.54. The van der Waals surface area contributed by atoms with Gasteiger partial charge in [0.2, 0.25) is 29.5 Å². The fourth-order valence-corrected chi connectivity index (χ4v) is 8.57. The van der Waals surface area contributed by atoms with E-state index in [0.717, 1.165) is 36.8 Å². The van der Waals surface area contributed by atoms with E-state index < -0.39 is 65.3 Å². The summed E-state index contributed by atoms with van der Waals surface area (Å²) in [6.45, 7) is 17.1. The summed E-state index contributed by atoms with van der Waals surface area (Å²) in [7, 11) is 0. The lowest BCUT2D eigenvalue weighted by molar-refractivity contribution is -0.152. The Morgan fingerprint density at radius 3 is 1.61 bits per heavy atom. The first-order chi connectivity index (χ1) is 31.6. The second-order valence-electron chi connectivity index (χ2n) is 21.1. The SMILES string of the molecule is CC(C)CC(NC(=O)C(Cc1ccccc1)NC(=O)C(Cc1ccccc1)NC(=O)OC(C)(C)C)C(=O)NC(CCCCNC(=O)OC(C)(C)C)C(=O)N1CCC2(CC1)CN(C(=O)C1CC1)C2. The van der Waals surface area contributed by atoms with Crippen LogP contribution in [0.2, 0.25) is 0 Å². The number of likely N-dealkylation sites (tertiary alicyclic amines) is 2. The number of rotatable bonds is 20. The molecule has 67 heavy (non-hydrogen) atoms. The fourth-order valence-electron chi connectivity index (χ4n) is 8.57. The summed E-state index contributed by atoms with van der Waals surface area (Å²) in [5.41, 5.74) is 0.0571. The molecule has 2 aliphatic heterocycles. The molecule has 3 fully saturated rings. The molecule has 5 N–H and O–H groups in total. The molecule has 4 atom stereocenters. The Hall–Kier alpha value is -5.67. The highest BCUT2D eigenvalue weighted by molar-refractivity contribution is 5.95. The smallest absolute Gasteiger partial charge is 0.408 e. The maximum Gasteiger partial charge on any atom is 0.408 e. The quantitative estimate of drug-likeness (QED) is 0.107. The van der Waals surface area contributed by atoms with Crippen LogP contribution >= 0.6 is 0 Å². The van der Waals surface area contributed by atoms with Gasteiger partial charge in [-0.25, -0.2) is 9.59 Å². The highest BCUT2D eigenvalue weighted by Crippen LogP contribution is 2.43. The van der Waals surface area contributed by atoms with Crippen molar-refractivity contribution in [3.63, 3.8) is 0 Å². The van der Waals surface area contributed by atoms with E-state index in [4.69, 9.17) is 9.47 Å². The van der Waals surface area contributed by atoms with E-state index in [1.54, 1.807) is 46.4 Å². The van der Waals surface area contributed by atoms with Crippen molar-refractivity contribution in [2.24, 2.45) is 17.3 Å². The number of carbonyl (C=O) groups is 7. The summed E-state index contributed by atoms with van der Waals surface area (Å²) < 4.78 is 10.8. The second kappa shape index (κ2) is 23.4. The lowest BCUT2D eigenvalue weighted by Crippen LogP contribution is -2.63. The molecule has 0 aromatic heterocycles. The van der Waals surface area contributed by atoms with Crippen LogP contribution in [0.25, 0.3) is 0 Å². The summed E-state index contributed by atoms with van der Waals surface area (Å²) in [5, 5.41) is 14.2. The van der Waals surface area contributed by atoms with E-state index in [-0.39, 0.29) is 54.7 Å². The molecule has 3 aliphatic rings. The molecule has 16 heteroatoms. The Labute approximate surface area is 396 Å². The minimum Gasteiger partial charge on any atom is -0.444 e. The largest absolute Gasteiger partial charge is 0.444 e. The minimum absolute atomic E-state index is 0.000876. The van der Waals surface area contributed by atoms with Crippen molar-refractivity contribution >= 4 is 41.7 Å². The molecule has 2 aromatic carbocycles. The van der Waals surface area contributed by atoms with Crippen molar-refractivity contribution in [2.75, 3.05) is 32.7 Å². The van der Waals surface area contributed by atoms with Gasteiger partial charge in [0.1, 0.15) is 35.4 Å². The van der Waals surface area contributed by atoms with Gasteiger partial charge in [-0.1, -0.05) is 74.5 Å². The van der Waals surface area contributed by atoms with Crippen molar-refractivity contribution in [3.8, 4) is 0 Å². The van der Waals surface area contributed by atoms with Crippen molar-refractivity contribution in [1.82, 2.24) is 36.4 Å². The van der Waals surface area contributed by atoms with E-state index in [9.17, 15) is 33.6 Å². The van der Waals surface area contributed by atoms with Gasteiger partial charge >= 0.3 is 12.2 Å². The first-order valence-electron chi connectivity index (χ1n) is 24.1. The van der Waals surface area contributed by atoms with E-state index in [2.05, 4.69) is 26.6 Å². The van der Waals surface area contributed by atoms with Crippen LogP contribution in [0.3, 0.4) is 0 Å². The number of nitrogens with zero attached hydrogens (tertiary/aromatic N) is 2. The molecular weight excluding hydrogens is 855 g/mol. The zero-order valence-corrected chi connectivity index (χ0v) is 40.9. The van der Waals surface area contributed by atoms with Gasteiger partial charge in [-0.3, -0.25) is 24.0 Å².